The molecule has 0 heterocycles. The number of carbonyl (C=O) groups is 3. The fourth-order valence-corrected chi connectivity index (χ4v) is 1.79. The maximum absolute atomic E-state index is 10.9. The highest BCUT2D eigenvalue weighted by Crippen LogP contribution is 2.21. The zero-order chi connectivity index (χ0) is 15.1. The number of nitrogens with two attached hydrogens (primary N) is 1. The smallest absolute Gasteiger partial charge is 0.317 e. The standard InChI is InChI=1S/C10H18N2O7.3H3N/c11-6(1-2-13)10(3-7(14)15,4-8(16)17)12-5-9(18)19;;;/h6,12-13H,1-5,11H2,(H,14,15)(H,16,17)(H,18,19);3*1H3. The van der Waals surface area contributed by atoms with E-state index in [4.69, 9.17) is 26.2 Å². The molecule has 0 aliphatic heterocycles. The van der Waals surface area contributed by atoms with Crippen molar-refractivity contribution in [2.45, 2.75) is 30.8 Å². The highest BCUT2D eigenvalue weighted by Gasteiger charge is 2.40. The van der Waals surface area contributed by atoms with Crippen LogP contribution >= 0.6 is 0 Å². The molecule has 0 aliphatic rings. The number of carboxylic acids is 3. The predicted molar refractivity (Wildman–Crippen MR) is 77.6 cm³/mol. The lowest BCUT2D eigenvalue weighted by molar-refractivity contribution is -0.144. The average Bonchev–Trinajstić information content (AvgIpc) is 2.24. The summed E-state index contributed by atoms with van der Waals surface area (Å²) in [6.07, 6.45) is -1.37. The van der Waals surface area contributed by atoms with E-state index in [0.29, 0.717) is 0 Å². The molecule has 1 atom stereocenters. The fraction of sp³-hybridized carbons (Fsp3) is 0.700. The van der Waals surface area contributed by atoms with E-state index in [1.807, 2.05) is 0 Å². The van der Waals surface area contributed by atoms with Gasteiger partial charge >= 0.3 is 17.9 Å². The molecule has 0 aromatic carbocycles. The Morgan fingerprint density at radius 2 is 1.36 bits per heavy atom. The Kier molecular flexibility index (Phi) is 16.6. The summed E-state index contributed by atoms with van der Waals surface area (Å²) >= 11 is 0. The summed E-state index contributed by atoms with van der Waals surface area (Å²) in [6, 6.07) is -1.01. The molecule has 12 nitrogen and oxygen atoms in total. The van der Waals surface area contributed by atoms with Crippen molar-refractivity contribution in [2.24, 2.45) is 5.73 Å². The number of aliphatic hydroxyl groups is 1. The molecule has 0 rings (SSSR count). The molecule has 0 saturated heterocycles. The Bertz CT molecular complexity index is 337. The zero-order valence-corrected chi connectivity index (χ0v) is 12.3. The van der Waals surface area contributed by atoms with Crippen LogP contribution in [0.2, 0.25) is 0 Å². The highest BCUT2D eigenvalue weighted by molar-refractivity contribution is 5.74. The van der Waals surface area contributed by atoms with Crippen LogP contribution in [0.3, 0.4) is 0 Å². The first-order chi connectivity index (χ1) is 8.73. The van der Waals surface area contributed by atoms with Crippen LogP contribution in [0.4, 0.5) is 0 Å². The molecule has 0 saturated carbocycles. The largest absolute Gasteiger partial charge is 0.481 e. The molecule has 0 aliphatic carbocycles. The van der Waals surface area contributed by atoms with E-state index in [-0.39, 0.29) is 31.5 Å². The highest BCUT2D eigenvalue weighted by atomic mass is 16.4. The van der Waals surface area contributed by atoms with Crippen LogP contribution in [-0.2, 0) is 14.4 Å². The van der Waals surface area contributed by atoms with Gasteiger partial charge in [-0.25, -0.2) is 0 Å². The molecule has 1 unspecified atom stereocenters. The van der Waals surface area contributed by atoms with Gasteiger partial charge in [-0.1, -0.05) is 0 Å². The third kappa shape index (κ3) is 9.98. The van der Waals surface area contributed by atoms with E-state index in [9.17, 15) is 14.4 Å². The number of carboxylic acid groups (broad SMARTS) is 3. The van der Waals surface area contributed by atoms with E-state index < -0.39 is 48.9 Å². The van der Waals surface area contributed by atoms with Gasteiger partial charge in [0.1, 0.15) is 0 Å². The normalized spacial score (nSPS) is 11.2. The Morgan fingerprint density at radius 3 is 1.64 bits per heavy atom. The van der Waals surface area contributed by atoms with Gasteiger partial charge in [0, 0.05) is 12.6 Å². The molecular formula is C10H27N5O7. The number of nitrogens with one attached hydrogen (secondary N) is 1. The van der Waals surface area contributed by atoms with Gasteiger partial charge in [-0.15, -0.1) is 0 Å². The van der Waals surface area contributed by atoms with Gasteiger partial charge in [0.05, 0.1) is 24.9 Å². The van der Waals surface area contributed by atoms with Gasteiger partial charge in [-0.2, -0.15) is 0 Å². The van der Waals surface area contributed by atoms with Crippen LogP contribution in [0, 0.1) is 0 Å². The molecule has 0 radical (unpaired) electrons. The lowest BCUT2D eigenvalue weighted by Crippen LogP contribution is -2.61. The minimum Gasteiger partial charge on any atom is -0.481 e. The second-order valence-electron chi connectivity index (χ2n) is 4.16. The van der Waals surface area contributed by atoms with Crippen LogP contribution in [-0.4, -0.2) is 63.1 Å². The van der Waals surface area contributed by atoms with Crippen molar-refractivity contribution in [3.05, 3.63) is 0 Å². The summed E-state index contributed by atoms with van der Waals surface area (Å²) in [5.41, 5.74) is 4.08. The van der Waals surface area contributed by atoms with Crippen LogP contribution in [0.1, 0.15) is 19.3 Å². The first-order valence-electron chi connectivity index (χ1n) is 5.50. The number of rotatable bonds is 10. The lowest BCUT2D eigenvalue weighted by Gasteiger charge is -2.37. The van der Waals surface area contributed by atoms with Gasteiger partial charge in [0.2, 0.25) is 0 Å². The van der Waals surface area contributed by atoms with Gasteiger partial charge in [0.25, 0.3) is 0 Å². The van der Waals surface area contributed by atoms with Gasteiger partial charge in [-0.3, -0.25) is 19.7 Å². The van der Waals surface area contributed by atoms with Crippen molar-refractivity contribution in [3.63, 3.8) is 0 Å². The molecule has 134 valence electrons. The minimum atomic E-state index is -1.63. The van der Waals surface area contributed by atoms with E-state index in [1.165, 1.54) is 0 Å². The van der Waals surface area contributed by atoms with Gasteiger partial charge < -0.3 is 44.6 Å². The number of hydrogen-bond donors (Lipinski definition) is 9. The SMILES string of the molecule is N.N.N.NC(CCO)C(CC(=O)O)(CC(=O)O)NCC(=O)O. The minimum absolute atomic E-state index is 0. The van der Waals surface area contributed by atoms with E-state index in [1.54, 1.807) is 0 Å². The number of hydrogen-bond acceptors (Lipinski definition) is 9. The second-order valence-corrected chi connectivity index (χ2v) is 4.16. The Balaban J connectivity index is -0.000000540. The Morgan fingerprint density at radius 1 is 0.955 bits per heavy atom. The van der Waals surface area contributed by atoms with Crippen LogP contribution in [0.5, 0.6) is 0 Å². The van der Waals surface area contributed by atoms with Crippen LogP contribution in [0.25, 0.3) is 0 Å². The lowest BCUT2D eigenvalue weighted by atomic mass is 9.82. The van der Waals surface area contributed by atoms with Crippen molar-refractivity contribution in [1.29, 1.82) is 0 Å². The van der Waals surface area contributed by atoms with Crippen LogP contribution < -0.4 is 29.5 Å². The maximum Gasteiger partial charge on any atom is 0.317 e. The molecule has 0 spiro atoms. The average molecular weight is 329 g/mol. The first kappa shape index (κ1) is 28.3. The molecular weight excluding hydrogens is 302 g/mol. The topological polar surface area (TPSA) is 275 Å². The van der Waals surface area contributed by atoms with E-state index in [0.717, 1.165) is 0 Å². The number of aliphatic carboxylic acids is 3. The molecule has 0 bridgehead atoms. The summed E-state index contributed by atoms with van der Waals surface area (Å²) in [5, 5.41) is 37.5. The van der Waals surface area contributed by atoms with Gasteiger partial charge in [0.15, 0.2) is 0 Å². The summed E-state index contributed by atoms with van der Waals surface area (Å²) in [4.78, 5) is 32.3. The summed E-state index contributed by atoms with van der Waals surface area (Å²) in [5.74, 6) is -3.89. The third-order valence-corrected chi connectivity index (χ3v) is 2.67. The van der Waals surface area contributed by atoms with E-state index >= 15 is 0 Å². The Hall–Kier alpha value is -1.83. The van der Waals surface area contributed by atoms with Crippen molar-refractivity contribution in [1.82, 2.24) is 23.8 Å². The molecule has 0 aromatic rings. The van der Waals surface area contributed by atoms with Crippen molar-refractivity contribution < 1.29 is 34.8 Å². The maximum atomic E-state index is 10.9. The van der Waals surface area contributed by atoms with Crippen molar-refractivity contribution in [3.8, 4) is 0 Å². The Labute approximate surface area is 127 Å². The third-order valence-electron chi connectivity index (χ3n) is 2.67. The monoisotopic (exact) mass is 329 g/mol. The summed E-state index contributed by atoms with van der Waals surface area (Å²) < 4.78 is 0. The van der Waals surface area contributed by atoms with Crippen LogP contribution in [0.15, 0.2) is 0 Å². The quantitative estimate of drug-likeness (QED) is 0.222. The van der Waals surface area contributed by atoms with Crippen molar-refractivity contribution >= 4 is 17.9 Å². The predicted octanol–water partition coefficient (Wildman–Crippen LogP) is -1.46. The van der Waals surface area contributed by atoms with Gasteiger partial charge in [-0.05, 0) is 6.42 Å². The molecule has 16 N–H and O–H groups in total. The molecule has 22 heavy (non-hydrogen) atoms. The zero-order valence-electron chi connectivity index (χ0n) is 12.3. The fourth-order valence-electron chi connectivity index (χ4n) is 1.79. The van der Waals surface area contributed by atoms with Crippen molar-refractivity contribution in [2.75, 3.05) is 13.2 Å². The number of aliphatic hydroxyl groups excluding tert-OH is 1. The summed E-state index contributed by atoms with van der Waals surface area (Å²) in [7, 11) is 0. The molecule has 0 fully saturated rings. The molecule has 12 heteroatoms. The summed E-state index contributed by atoms with van der Waals surface area (Å²) in [6.45, 7) is -0.989. The molecule has 0 aromatic heterocycles. The second kappa shape index (κ2) is 12.9. The van der Waals surface area contributed by atoms with E-state index in [2.05, 4.69) is 5.32 Å². The molecule has 0 amide bonds. The first-order valence-corrected chi connectivity index (χ1v) is 5.50.